The number of alkyl halides is 3. The summed E-state index contributed by atoms with van der Waals surface area (Å²) in [5.41, 5.74) is -3.38. The molecule has 0 saturated heterocycles. The number of rotatable bonds is 4. The number of methoxy groups -OCH3 is 1. The summed E-state index contributed by atoms with van der Waals surface area (Å²) in [5.74, 6) is 0. The molecule has 0 radical (unpaired) electrons. The maximum Gasteiger partial charge on any atom is 0.446 e. The van der Waals surface area contributed by atoms with E-state index in [4.69, 9.17) is 4.74 Å². The predicted molar refractivity (Wildman–Crippen MR) is 65.8 cm³/mol. The average molecular weight is 277 g/mol. The van der Waals surface area contributed by atoms with Crippen molar-refractivity contribution in [2.45, 2.75) is 35.4 Å². The molecule has 1 fully saturated rings. The number of halogens is 3. The number of thioether (sulfide) groups is 1. The van der Waals surface area contributed by atoms with E-state index in [0.717, 1.165) is 18.5 Å². The highest BCUT2D eigenvalue weighted by molar-refractivity contribution is 8.00. The minimum atomic E-state index is -4.23. The summed E-state index contributed by atoms with van der Waals surface area (Å²) in [5, 5.41) is 3.26. The van der Waals surface area contributed by atoms with Crippen molar-refractivity contribution in [1.29, 1.82) is 0 Å². The van der Waals surface area contributed by atoms with Crippen LogP contribution in [0.5, 0.6) is 0 Å². The van der Waals surface area contributed by atoms with Crippen LogP contribution in [-0.2, 0) is 4.74 Å². The second-order valence-corrected chi connectivity index (χ2v) is 5.38. The molecule has 1 aromatic rings. The van der Waals surface area contributed by atoms with Crippen LogP contribution in [0, 0.1) is 0 Å². The van der Waals surface area contributed by atoms with E-state index in [1.165, 1.54) is 12.1 Å². The van der Waals surface area contributed by atoms with Crippen molar-refractivity contribution in [3.63, 3.8) is 0 Å². The fraction of sp³-hybridized carbons (Fsp3) is 0.500. The van der Waals surface area contributed by atoms with Crippen LogP contribution in [0.25, 0.3) is 0 Å². The number of nitrogens with one attached hydrogen (secondary N) is 1. The first-order valence-electron chi connectivity index (χ1n) is 5.61. The molecule has 0 aromatic heterocycles. The third-order valence-corrected chi connectivity index (χ3v) is 3.63. The first kappa shape index (κ1) is 13.5. The normalized spacial score (nSPS) is 23.6. The molecule has 0 spiro atoms. The van der Waals surface area contributed by atoms with Gasteiger partial charge in [0.2, 0.25) is 0 Å². The van der Waals surface area contributed by atoms with Crippen molar-refractivity contribution in [3.8, 4) is 0 Å². The minimum Gasteiger partial charge on any atom is -0.382 e. The molecule has 1 aliphatic rings. The summed E-state index contributed by atoms with van der Waals surface area (Å²) in [4.78, 5) is 0.205. The van der Waals surface area contributed by atoms with Gasteiger partial charge in [0.25, 0.3) is 0 Å². The number of hydrogen-bond donors (Lipinski definition) is 1. The summed E-state index contributed by atoms with van der Waals surface area (Å²) in [6.45, 7) is 0. The van der Waals surface area contributed by atoms with Crippen LogP contribution < -0.4 is 5.32 Å². The molecular formula is C12H14F3NOS. The summed E-state index contributed by atoms with van der Waals surface area (Å²) in [6, 6.07) is 6.67. The van der Waals surface area contributed by atoms with Gasteiger partial charge in [-0.15, -0.1) is 0 Å². The van der Waals surface area contributed by atoms with Gasteiger partial charge in [-0.05, 0) is 48.9 Å². The van der Waals surface area contributed by atoms with Gasteiger partial charge in [-0.25, -0.2) is 0 Å². The van der Waals surface area contributed by atoms with Crippen molar-refractivity contribution in [3.05, 3.63) is 24.3 Å². The molecule has 0 aliphatic heterocycles. The zero-order valence-corrected chi connectivity index (χ0v) is 10.6. The first-order chi connectivity index (χ1) is 8.46. The maximum absolute atomic E-state index is 12.1. The number of ether oxygens (including phenoxy) is 1. The summed E-state index contributed by atoms with van der Waals surface area (Å²) in [6.07, 6.45) is 2.19. The fourth-order valence-electron chi connectivity index (χ4n) is 1.86. The molecule has 18 heavy (non-hydrogen) atoms. The third-order valence-electron chi connectivity index (χ3n) is 2.89. The highest BCUT2D eigenvalue weighted by Gasteiger charge is 2.30. The van der Waals surface area contributed by atoms with Gasteiger partial charge < -0.3 is 10.1 Å². The van der Waals surface area contributed by atoms with Gasteiger partial charge in [-0.3, -0.25) is 0 Å². The standard InChI is InChI=1S/C12H14F3NOS/c1-17-10-6-9(7-10)16-8-2-4-11(5-3-8)18-12(13,14)15/h2-5,9-10,16H,6-7H2,1H3. The Labute approximate surface area is 108 Å². The minimum absolute atomic E-state index is 0.0957. The first-order valence-corrected chi connectivity index (χ1v) is 6.43. The second-order valence-electron chi connectivity index (χ2n) is 4.24. The van der Waals surface area contributed by atoms with E-state index in [1.54, 1.807) is 19.2 Å². The van der Waals surface area contributed by atoms with Crippen LogP contribution in [0.2, 0.25) is 0 Å². The van der Waals surface area contributed by atoms with E-state index in [9.17, 15) is 13.2 Å². The van der Waals surface area contributed by atoms with Crippen molar-refractivity contribution in [1.82, 2.24) is 0 Å². The van der Waals surface area contributed by atoms with Crippen molar-refractivity contribution >= 4 is 17.4 Å². The Hall–Kier alpha value is -0.880. The zero-order valence-electron chi connectivity index (χ0n) is 9.83. The Morgan fingerprint density at radius 3 is 2.33 bits per heavy atom. The molecule has 0 unspecified atom stereocenters. The van der Waals surface area contributed by atoms with Gasteiger partial charge in [-0.1, -0.05) is 0 Å². The molecule has 1 aliphatic carbocycles. The van der Waals surface area contributed by atoms with Crippen LogP contribution in [0.15, 0.2) is 29.2 Å². The van der Waals surface area contributed by atoms with Crippen molar-refractivity contribution in [2.24, 2.45) is 0 Å². The molecule has 2 rings (SSSR count). The SMILES string of the molecule is COC1CC(Nc2ccc(SC(F)(F)F)cc2)C1. The van der Waals surface area contributed by atoms with Gasteiger partial charge in [0.1, 0.15) is 0 Å². The summed E-state index contributed by atoms with van der Waals surface area (Å²) < 4.78 is 41.6. The maximum atomic E-state index is 12.1. The van der Waals surface area contributed by atoms with E-state index in [2.05, 4.69) is 5.32 Å². The van der Waals surface area contributed by atoms with Crippen LogP contribution >= 0.6 is 11.8 Å². The molecule has 6 heteroatoms. The molecule has 1 aromatic carbocycles. The highest BCUT2D eigenvalue weighted by atomic mass is 32.2. The van der Waals surface area contributed by atoms with Gasteiger partial charge in [0, 0.05) is 23.7 Å². The largest absolute Gasteiger partial charge is 0.446 e. The summed E-state index contributed by atoms with van der Waals surface area (Å²) in [7, 11) is 1.68. The van der Waals surface area contributed by atoms with E-state index < -0.39 is 5.51 Å². The zero-order chi connectivity index (χ0) is 13.2. The Morgan fingerprint density at radius 1 is 1.22 bits per heavy atom. The predicted octanol–water partition coefficient (Wildman–Crippen LogP) is 3.89. The smallest absolute Gasteiger partial charge is 0.382 e. The molecule has 0 bridgehead atoms. The third kappa shape index (κ3) is 3.81. The molecule has 2 nitrogen and oxygen atoms in total. The Bertz CT molecular complexity index is 387. The van der Waals surface area contributed by atoms with Crippen molar-refractivity contribution < 1.29 is 17.9 Å². The van der Waals surface area contributed by atoms with E-state index in [-0.39, 0.29) is 16.7 Å². The average Bonchev–Trinajstić information content (AvgIpc) is 2.23. The lowest BCUT2D eigenvalue weighted by Gasteiger charge is -2.35. The Kier molecular flexibility index (Phi) is 4.07. The molecular weight excluding hydrogens is 263 g/mol. The molecule has 0 atom stereocenters. The molecule has 0 heterocycles. The van der Waals surface area contributed by atoms with Crippen LogP contribution in [0.3, 0.4) is 0 Å². The quantitative estimate of drug-likeness (QED) is 0.844. The van der Waals surface area contributed by atoms with Crippen LogP contribution in [0.1, 0.15) is 12.8 Å². The summed E-state index contributed by atoms with van der Waals surface area (Å²) >= 11 is -0.0957. The number of benzene rings is 1. The van der Waals surface area contributed by atoms with Crippen molar-refractivity contribution in [2.75, 3.05) is 12.4 Å². The fourth-order valence-corrected chi connectivity index (χ4v) is 2.40. The van der Waals surface area contributed by atoms with Gasteiger partial charge in [0.15, 0.2) is 0 Å². The topological polar surface area (TPSA) is 21.3 Å². The highest BCUT2D eigenvalue weighted by Crippen LogP contribution is 2.37. The number of hydrogen-bond acceptors (Lipinski definition) is 3. The Balaban J connectivity index is 1.85. The van der Waals surface area contributed by atoms with Gasteiger partial charge in [0.05, 0.1) is 6.10 Å². The lowest BCUT2D eigenvalue weighted by atomic mass is 9.89. The van der Waals surface area contributed by atoms with Gasteiger partial charge >= 0.3 is 5.51 Å². The monoisotopic (exact) mass is 277 g/mol. The van der Waals surface area contributed by atoms with Crippen LogP contribution in [0.4, 0.5) is 18.9 Å². The molecule has 0 amide bonds. The van der Waals surface area contributed by atoms with E-state index in [1.807, 2.05) is 0 Å². The lowest BCUT2D eigenvalue weighted by molar-refractivity contribution is -0.0328. The second kappa shape index (κ2) is 5.40. The van der Waals surface area contributed by atoms with E-state index >= 15 is 0 Å². The number of anilines is 1. The van der Waals surface area contributed by atoms with Gasteiger partial charge in [-0.2, -0.15) is 13.2 Å². The van der Waals surface area contributed by atoms with E-state index in [0.29, 0.717) is 12.1 Å². The Morgan fingerprint density at radius 2 is 1.83 bits per heavy atom. The lowest BCUT2D eigenvalue weighted by Crippen LogP contribution is -2.40. The molecule has 1 N–H and O–H groups in total. The van der Waals surface area contributed by atoms with Crippen LogP contribution in [-0.4, -0.2) is 24.8 Å². The molecule has 100 valence electrons. The molecule has 1 saturated carbocycles.